The third-order valence-electron chi connectivity index (χ3n) is 4.96. The predicted octanol–water partition coefficient (Wildman–Crippen LogP) is 3.43. The summed E-state index contributed by atoms with van der Waals surface area (Å²) in [6.45, 7) is 5.48. The van der Waals surface area contributed by atoms with E-state index in [1.54, 1.807) is 38.3 Å². The topological polar surface area (TPSA) is 84.9 Å². The number of hydrogen-bond acceptors (Lipinski definition) is 5. The standard InChI is InChI=1S/C22H30N2O5S/c1-7-20(17-8-13-21(29-5)15(2)14-17)23-22(25)16(3)24(30(6,26)27)18-9-11-19(28-4)12-10-18/h8-14,16,20H,7H2,1-6H3,(H,23,25)/t16-,20+/m0/s1. The zero-order chi connectivity index (χ0) is 22.5. The molecule has 0 aliphatic rings. The number of methoxy groups -OCH3 is 2. The highest BCUT2D eigenvalue weighted by Gasteiger charge is 2.30. The molecule has 0 fully saturated rings. The zero-order valence-corrected chi connectivity index (χ0v) is 19.1. The number of anilines is 1. The Labute approximate surface area is 179 Å². The first-order chi connectivity index (χ1) is 14.1. The molecular formula is C22H30N2O5S. The van der Waals surface area contributed by atoms with Crippen LogP contribution in [0.2, 0.25) is 0 Å². The maximum Gasteiger partial charge on any atom is 0.244 e. The van der Waals surface area contributed by atoms with E-state index in [9.17, 15) is 13.2 Å². The molecule has 2 atom stereocenters. The van der Waals surface area contributed by atoms with Crippen LogP contribution in [0.15, 0.2) is 42.5 Å². The number of hydrogen-bond donors (Lipinski definition) is 1. The maximum absolute atomic E-state index is 13.0. The molecule has 164 valence electrons. The van der Waals surface area contributed by atoms with Crippen molar-refractivity contribution in [3.05, 3.63) is 53.6 Å². The maximum atomic E-state index is 13.0. The summed E-state index contributed by atoms with van der Waals surface area (Å²) in [5.41, 5.74) is 2.30. The van der Waals surface area contributed by atoms with Gasteiger partial charge in [-0.3, -0.25) is 9.10 Å². The molecule has 30 heavy (non-hydrogen) atoms. The summed E-state index contributed by atoms with van der Waals surface area (Å²) in [4.78, 5) is 13.0. The second kappa shape index (κ2) is 9.84. The summed E-state index contributed by atoms with van der Waals surface area (Å²) in [5, 5.41) is 2.98. The van der Waals surface area contributed by atoms with Gasteiger partial charge in [0.1, 0.15) is 17.5 Å². The molecule has 2 aromatic rings. The lowest BCUT2D eigenvalue weighted by Gasteiger charge is -2.30. The fourth-order valence-corrected chi connectivity index (χ4v) is 4.54. The van der Waals surface area contributed by atoms with E-state index < -0.39 is 16.1 Å². The van der Waals surface area contributed by atoms with Crippen molar-refractivity contribution in [1.82, 2.24) is 5.32 Å². The minimum Gasteiger partial charge on any atom is -0.497 e. The number of ether oxygens (including phenoxy) is 2. The van der Waals surface area contributed by atoms with Gasteiger partial charge in [-0.25, -0.2) is 8.42 Å². The van der Waals surface area contributed by atoms with Crippen LogP contribution in [0.3, 0.4) is 0 Å². The fraction of sp³-hybridized carbons (Fsp3) is 0.409. The first-order valence-electron chi connectivity index (χ1n) is 9.70. The Morgan fingerprint density at radius 3 is 2.20 bits per heavy atom. The molecule has 0 aromatic heterocycles. The quantitative estimate of drug-likeness (QED) is 0.654. The van der Waals surface area contributed by atoms with Gasteiger partial charge in [0.15, 0.2) is 0 Å². The van der Waals surface area contributed by atoms with Gasteiger partial charge in [0.25, 0.3) is 0 Å². The molecule has 2 aromatic carbocycles. The molecule has 0 unspecified atom stereocenters. The van der Waals surface area contributed by atoms with Crippen LogP contribution in [0, 0.1) is 6.92 Å². The zero-order valence-electron chi connectivity index (χ0n) is 18.3. The van der Waals surface area contributed by atoms with Gasteiger partial charge in [-0.15, -0.1) is 0 Å². The van der Waals surface area contributed by atoms with Crippen molar-refractivity contribution < 1.29 is 22.7 Å². The van der Waals surface area contributed by atoms with Gasteiger partial charge in [-0.1, -0.05) is 19.1 Å². The number of aryl methyl sites for hydroxylation is 1. The lowest BCUT2D eigenvalue weighted by Crippen LogP contribution is -2.48. The number of sulfonamides is 1. The number of carbonyl (C=O) groups excluding carboxylic acids is 1. The van der Waals surface area contributed by atoms with E-state index in [-0.39, 0.29) is 11.9 Å². The minimum atomic E-state index is -3.69. The number of carbonyl (C=O) groups is 1. The van der Waals surface area contributed by atoms with Crippen molar-refractivity contribution in [1.29, 1.82) is 0 Å². The Morgan fingerprint density at radius 1 is 1.10 bits per heavy atom. The summed E-state index contributed by atoms with van der Waals surface area (Å²) in [6, 6.07) is 11.1. The van der Waals surface area contributed by atoms with E-state index in [4.69, 9.17) is 9.47 Å². The monoisotopic (exact) mass is 434 g/mol. The number of rotatable bonds is 9. The third-order valence-corrected chi connectivity index (χ3v) is 6.20. The minimum absolute atomic E-state index is 0.248. The normalized spacial score (nSPS) is 13.3. The summed E-state index contributed by atoms with van der Waals surface area (Å²) < 4.78 is 36.5. The SMILES string of the molecule is CC[C@@H](NC(=O)[C@H](C)N(c1ccc(OC)cc1)S(C)(=O)=O)c1ccc(OC)c(C)c1. The Bertz CT molecular complexity index is 974. The van der Waals surface area contributed by atoms with E-state index in [1.165, 1.54) is 7.11 Å². The van der Waals surface area contributed by atoms with Gasteiger partial charge in [0.05, 0.1) is 32.2 Å². The second-order valence-electron chi connectivity index (χ2n) is 7.13. The molecule has 0 aliphatic carbocycles. The average Bonchev–Trinajstić information content (AvgIpc) is 2.71. The van der Waals surface area contributed by atoms with Crippen LogP contribution in [0.5, 0.6) is 11.5 Å². The highest BCUT2D eigenvalue weighted by atomic mass is 32.2. The smallest absolute Gasteiger partial charge is 0.244 e. The number of nitrogens with zero attached hydrogens (tertiary/aromatic N) is 1. The molecule has 0 saturated heterocycles. The largest absolute Gasteiger partial charge is 0.497 e. The van der Waals surface area contributed by atoms with Crippen molar-refractivity contribution in [3.8, 4) is 11.5 Å². The van der Waals surface area contributed by atoms with Crippen molar-refractivity contribution in [3.63, 3.8) is 0 Å². The van der Waals surface area contributed by atoms with Gasteiger partial charge < -0.3 is 14.8 Å². The Kier molecular flexibility index (Phi) is 7.72. The Balaban J connectivity index is 2.28. The average molecular weight is 435 g/mol. The summed E-state index contributed by atoms with van der Waals surface area (Å²) in [5.74, 6) is 0.998. The summed E-state index contributed by atoms with van der Waals surface area (Å²) >= 11 is 0. The van der Waals surface area contributed by atoms with Crippen LogP contribution < -0.4 is 19.1 Å². The number of benzene rings is 2. The molecule has 1 amide bonds. The van der Waals surface area contributed by atoms with Crippen LogP contribution in [0.25, 0.3) is 0 Å². The van der Waals surface area contributed by atoms with Crippen LogP contribution in [0.4, 0.5) is 5.69 Å². The first kappa shape index (κ1) is 23.5. The van der Waals surface area contributed by atoms with Gasteiger partial charge in [0, 0.05) is 0 Å². The van der Waals surface area contributed by atoms with Gasteiger partial charge in [-0.2, -0.15) is 0 Å². The van der Waals surface area contributed by atoms with Crippen molar-refractivity contribution in [2.75, 3.05) is 24.8 Å². The van der Waals surface area contributed by atoms with E-state index in [1.807, 2.05) is 32.0 Å². The molecule has 0 bridgehead atoms. The van der Waals surface area contributed by atoms with Gasteiger partial charge in [-0.05, 0) is 61.7 Å². The lowest BCUT2D eigenvalue weighted by molar-refractivity contribution is -0.122. The molecular weight excluding hydrogens is 404 g/mol. The van der Waals surface area contributed by atoms with Crippen molar-refractivity contribution in [2.45, 2.75) is 39.3 Å². The van der Waals surface area contributed by atoms with E-state index in [2.05, 4.69) is 5.32 Å². The fourth-order valence-electron chi connectivity index (χ4n) is 3.37. The third kappa shape index (κ3) is 5.44. The summed E-state index contributed by atoms with van der Waals surface area (Å²) in [6.07, 6.45) is 1.75. The Hall–Kier alpha value is -2.74. The van der Waals surface area contributed by atoms with E-state index in [0.29, 0.717) is 17.9 Å². The molecule has 0 aliphatic heterocycles. The molecule has 7 nitrogen and oxygen atoms in total. The van der Waals surface area contributed by atoms with Crippen LogP contribution in [-0.2, 0) is 14.8 Å². The molecule has 0 saturated carbocycles. The lowest BCUT2D eigenvalue weighted by atomic mass is 10.0. The van der Waals surface area contributed by atoms with Crippen LogP contribution >= 0.6 is 0 Å². The highest BCUT2D eigenvalue weighted by molar-refractivity contribution is 7.92. The molecule has 8 heteroatoms. The predicted molar refractivity (Wildman–Crippen MR) is 119 cm³/mol. The van der Waals surface area contributed by atoms with Crippen molar-refractivity contribution in [2.24, 2.45) is 0 Å². The number of nitrogens with one attached hydrogen (secondary N) is 1. The second-order valence-corrected chi connectivity index (χ2v) is 8.99. The number of amides is 1. The Morgan fingerprint density at radius 2 is 1.73 bits per heavy atom. The van der Waals surface area contributed by atoms with Crippen molar-refractivity contribution >= 4 is 21.6 Å². The van der Waals surface area contributed by atoms with Crippen LogP contribution in [-0.4, -0.2) is 40.8 Å². The molecule has 2 rings (SSSR count). The molecule has 1 N–H and O–H groups in total. The van der Waals surface area contributed by atoms with E-state index >= 15 is 0 Å². The van der Waals surface area contributed by atoms with E-state index in [0.717, 1.165) is 27.4 Å². The van der Waals surface area contributed by atoms with Gasteiger partial charge >= 0.3 is 0 Å². The first-order valence-corrected chi connectivity index (χ1v) is 11.6. The van der Waals surface area contributed by atoms with Gasteiger partial charge in [0.2, 0.25) is 15.9 Å². The molecule has 0 spiro atoms. The summed E-state index contributed by atoms with van der Waals surface area (Å²) in [7, 11) is -0.544. The van der Waals surface area contributed by atoms with Crippen LogP contribution in [0.1, 0.15) is 37.4 Å². The highest BCUT2D eigenvalue weighted by Crippen LogP contribution is 2.26. The molecule has 0 heterocycles. The molecule has 0 radical (unpaired) electrons.